The second-order valence-electron chi connectivity index (χ2n) is 7.41. The molecule has 32 heavy (non-hydrogen) atoms. The molecule has 0 unspecified atom stereocenters. The van der Waals surface area contributed by atoms with Gasteiger partial charge >= 0.3 is 6.61 Å². The van der Waals surface area contributed by atoms with Crippen molar-refractivity contribution in [3.63, 3.8) is 0 Å². The molecule has 0 radical (unpaired) electrons. The summed E-state index contributed by atoms with van der Waals surface area (Å²) in [4.78, 5) is 28.1. The van der Waals surface area contributed by atoms with E-state index in [0.29, 0.717) is 11.3 Å². The molecule has 2 aliphatic rings. The summed E-state index contributed by atoms with van der Waals surface area (Å²) in [5, 5.41) is 9.21. The van der Waals surface area contributed by atoms with Gasteiger partial charge in [0.25, 0.3) is 5.91 Å². The van der Waals surface area contributed by atoms with Crippen LogP contribution < -0.4 is 14.4 Å². The average Bonchev–Trinajstić information content (AvgIpc) is 3.02. The van der Waals surface area contributed by atoms with Crippen LogP contribution in [0.15, 0.2) is 24.8 Å². The molecule has 9 nitrogen and oxygen atoms in total. The molecule has 4 rings (SSSR count). The van der Waals surface area contributed by atoms with Crippen LogP contribution in [-0.2, 0) is 11.3 Å². The fraction of sp³-hybridized carbons (Fsp3) is 0.450. The summed E-state index contributed by atoms with van der Waals surface area (Å²) in [5.74, 6) is -0.198. The molecular formula is C20H19F3N6O3. The standard InChI is InChI=1S/C20H19F3N6O3/c21-18(22)32-15-10-26-19(27-11-15)28-3-1-20(23,2-4-28)17(30)29-5-6-31-16-13(7-24)8-25-9-14(16)12-29/h8-11,18H,1-6,12H2. The molecule has 168 valence electrons. The highest BCUT2D eigenvalue weighted by Gasteiger charge is 2.45. The predicted molar refractivity (Wildman–Crippen MR) is 104 cm³/mol. The molecule has 0 saturated carbocycles. The average molecular weight is 448 g/mol. The molecule has 0 N–H and O–H groups in total. The van der Waals surface area contributed by atoms with Gasteiger partial charge in [-0.2, -0.15) is 14.0 Å². The molecule has 2 aliphatic heterocycles. The summed E-state index contributed by atoms with van der Waals surface area (Å²) >= 11 is 0. The van der Waals surface area contributed by atoms with E-state index in [4.69, 9.17) is 4.74 Å². The molecule has 0 atom stereocenters. The van der Waals surface area contributed by atoms with Crippen molar-refractivity contribution in [2.24, 2.45) is 0 Å². The van der Waals surface area contributed by atoms with Gasteiger partial charge in [-0.1, -0.05) is 0 Å². The highest BCUT2D eigenvalue weighted by Crippen LogP contribution is 2.33. The molecule has 0 aliphatic carbocycles. The van der Waals surface area contributed by atoms with Gasteiger partial charge in [-0.05, 0) is 0 Å². The van der Waals surface area contributed by atoms with Crippen LogP contribution in [0.3, 0.4) is 0 Å². The van der Waals surface area contributed by atoms with E-state index in [1.165, 1.54) is 17.3 Å². The molecule has 1 saturated heterocycles. The second kappa shape index (κ2) is 8.86. The number of ether oxygens (including phenoxy) is 2. The highest BCUT2D eigenvalue weighted by atomic mass is 19.3. The van der Waals surface area contributed by atoms with Crippen LogP contribution in [0.2, 0.25) is 0 Å². The zero-order valence-corrected chi connectivity index (χ0v) is 16.9. The normalized spacial score (nSPS) is 17.7. The molecular weight excluding hydrogens is 429 g/mol. The first-order valence-electron chi connectivity index (χ1n) is 9.89. The van der Waals surface area contributed by atoms with Gasteiger partial charge in [0.2, 0.25) is 5.95 Å². The minimum Gasteiger partial charge on any atom is -0.490 e. The number of alkyl halides is 3. The number of hydrogen-bond acceptors (Lipinski definition) is 8. The van der Waals surface area contributed by atoms with Crippen molar-refractivity contribution in [3.05, 3.63) is 35.9 Å². The molecule has 12 heteroatoms. The SMILES string of the molecule is N#Cc1cncc2c1OCCN(C(=O)C1(F)CCN(c3ncc(OC(F)F)cn3)CC1)C2. The van der Waals surface area contributed by atoms with Gasteiger partial charge in [-0.15, -0.1) is 0 Å². The Morgan fingerprint density at radius 1 is 1.19 bits per heavy atom. The third-order valence-corrected chi connectivity index (χ3v) is 5.41. The van der Waals surface area contributed by atoms with Gasteiger partial charge in [0.15, 0.2) is 11.4 Å². The molecule has 2 aromatic rings. The fourth-order valence-corrected chi connectivity index (χ4v) is 3.77. The summed E-state index contributed by atoms with van der Waals surface area (Å²) in [6.45, 7) is -2.20. The lowest BCUT2D eigenvalue weighted by atomic mass is 9.91. The summed E-state index contributed by atoms with van der Waals surface area (Å²) in [5.41, 5.74) is -1.25. The molecule has 0 spiro atoms. The van der Waals surface area contributed by atoms with Gasteiger partial charge in [-0.3, -0.25) is 9.78 Å². The number of nitriles is 1. The number of amides is 1. The van der Waals surface area contributed by atoms with E-state index in [1.807, 2.05) is 6.07 Å². The van der Waals surface area contributed by atoms with E-state index in [9.17, 15) is 18.8 Å². The van der Waals surface area contributed by atoms with Gasteiger partial charge in [0.05, 0.1) is 25.5 Å². The molecule has 1 fully saturated rings. The third-order valence-electron chi connectivity index (χ3n) is 5.41. The molecule has 0 bridgehead atoms. The maximum absolute atomic E-state index is 15.6. The maximum atomic E-state index is 15.6. The lowest BCUT2D eigenvalue weighted by Crippen LogP contribution is -2.53. The molecule has 2 aromatic heterocycles. The van der Waals surface area contributed by atoms with Crippen LogP contribution >= 0.6 is 0 Å². The lowest BCUT2D eigenvalue weighted by Gasteiger charge is -2.37. The van der Waals surface area contributed by atoms with Crippen molar-refractivity contribution >= 4 is 11.9 Å². The quantitative estimate of drug-likeness (QED) is 0.700. The smallest absolute Gasteiger partial charge is 0.387 e. The third kappa shape index (κ3) is 4.37. The summed E-state index contributed by atoms with van der Waals surface area (Å²) in [6.07, 6.45) is 4.98. The topological polar surface area (TPSA) is 104 Å². The van der Waals surface area contributed by atoms with E-state index in [-0.39, 0.29) is 62.9 Å². The Morgan fingerprint density at radius 3 is 2.56 bits per heavy atom. The van der Waals surface area contributed by atoms with E-state index >= 15 is 4.39 Å². The van der Waals surface area contributed by atoms with Gasteiger partial charge in [0.1, 0.15) is 24.0 Å². The summed E-state index contributed by atoms with van der Waals surface area (Å²) in [6, 6.07) is 2.00. The van der Waals surface area contributed by atoms with Crippen LogP contribution in [0.4, 0.5) is 19.1 Å². The Morgan fingerprint density at radius 2 is 1.91 bits per heavy atom. The first kappa shape index (κ1) is 21.6. The summed E-state index contributed by atoms with van der Waals surface area (Å²) in [7, 11) is 0. The number of pyridine rings is 1. The second-order valence-corrected chi connectivity index (χ2v) is 7.41. The number of hydrogen-bond donors (Lipinski definition) is 0. The zero-order chi connectivity index (χ0) is 22.7. The van der Waals surface area contributed by atoms with E-state index in [2.05, 4.69) is 19.7 Å². The van der Waals surface area contributed by atoms with Crippen LogP contribution in [0.1, 0.15) is 24.0 Å². The number of carbonyl (C=O) groups excluding carboxylic acids is 1. The number of halogens is 3. The minimum atomic E-state index is -2.98. The van der Waals surface area contributed by atoms with Crippen LogP contribution in [0.5, 0.6) is 11.5 Å². The summed E-state index contributed by atoms with van der Waals surface area (Å²) < 4.78 is 50.0. The first-order valence-corrected chi connectivity index (χ1v) is 9.89. The van der Waals surface area contributed by atoms with Crippen molar-refractivity contribution in [3.8, 4) is 17.6 Å². The number of anilines is 1. The zero-order valence-electron chi connectivity index (χ0n) is 16.9. The van der Waals surface area contributed by atoms with E-state index in [1.54, 1.807) is 4.90 Å². The van der Waals surface area contributed by atoms with Crippen molar-refractivity contribution < 1.29 is 27.4 Å². The number of nitrogens with zero attached hydrogens (tertiary/aromatic N) is 6. The van der Waals surface area contributed by atoms with Crippen LogP contribution in [-0.4, -0.2) is 64.3 Å². The van der Waals surface area contributed by atoms with Crippen molar-refractivity contribution in [2.75, 3.05) is 31.1 Å². The van der Waals surface area contributed by atoms with Crippen molar-refractivity contribution in [1.82, 2.24) is 19.9 Å². The van der Waals surface area contributed by atoms with Crippen LogP contribution in [0, 0.1) is 11.3 Å². The van der Waals surface area contributed by atoms with E-state index in [0.717, 1.165) is 12.4 Å². The Balaban J connectivity index is 1.41. The maximum Gasteiger partial charge on any atom is 0.387 e. The Bertz CT molecular complexity index is 1020. The van der Waals surface area contributed by atoms with Crippen molar-refractivity contribution in [2.45, 2.75) is 31.7 Å². The minimum absolute atomic E-state index is 0.0782. The largest absolute Gasteiger partial charge is 0.490 e. The molecule has 0 aromatic carbocycles. The Labute approximate surface area is 181 Å². The highest BCUT2D eigenvalue weighted by molar-refractivity contribution is 5.85. The number of fused-ring (bicyclic) bond motifs is 1. The predicted octanol–water partition coefficient (Wildman–Crippen LogP) is 2.07. The molecule has 1 amide bonds. The van der Waals surface area contributed by atoms with Crippen LogP contribution in [0.25, 0.3) is 0 Å². The number of aromatic nitrogens is 3. The lowest BCUT2D eigenvalue weighted by molar-refractivity contribution is -0.146. The Kier molecular flexibility index (Phi) is 5.98. The fourth-order valence-electron chi connectivity index (χ4n) is 3.77. The number of carbonyl (C=O) groups is 1. The Hall–Kier alpha value is -3.62. The van der Waals surface area contributed by atoms with Crippen molar-refractivity contribution in [1.29, 1.82) is 5.26 Å². The van der Waals surface area contributed by atoms with Gasteiger partial charge in [-0.25, -0.2) is 14.4 Å². The van der Waals surface area contributed by atoms with Gasteiger partial charge in [0, 0.05) is 43.9 Å². The monoisotopic (exact) mass is 448 g/mol. The van der Waals surface area contributed by atoms with Gasteiger partial charge < -0.3 is 19.3 Å². The number of rotatable bonds is 4. The van der Waals surface area contributed by atoms with E-state index < -0.39 is 18.2 Å². The first-order chi connectivity index (χ1) is 15.4. The molecule has 4 heterocycles. The number of piperidine rings is 1.